The Labute approximate surface area is 334 Å². The second kappa shape index (κ2) is 14.8. The van der Waals surface area contributed by atoms with Gasteiger partial charge in [-0.2, -0.15) is 0 Å². The normalized spacial score (nSPS) is 27.1. The number of ether oxygens (including phenoxy) is 4. The second-order valence-corrected chi connectivity index (χ2v) is 17.3. The lowest BCUT2D eigenvalue weighted by molar-refractivity contribution is -0.165. The lowest BCUT2D eigenvalue weighted by Crippen LogP contribution is -2.63. The zero-order valence-electron chi connectivity index (χ0n) is 33.3. The Bertz CT molecular complexity index is 2250. The maximum atomic E-state index is 13.9. The van der Waals surface area contributed by atoms with Gasteiger partial charge in [-0.3, -0.25) is 4.79 Å². The van der Waals surface area contributed by atoms with Crippen LogP contribution in [0.2, 0.25) is 0 Å². The van der Waals surface area contributed by atoms with Gasteiger partial charge in [-0.15, -0.1) is 0 Å². The van der Waals surface area contributed by atoms with Crippen LogP contribution < -0.4 is 14.2 Å². The number of rotatable bonds is 9. The fourth-order valence-electron chi connectivity index (χ4n) is 10.8. The Hall–Kier alpha value is -5.50. The van der Waals surface area contributed by atoms with E-state index >= 15 is 0 Å². The molecule has 0 radical (unpaired) electrons. The van der Waals surface area contributed by atoms with Crippen LogP contribution in [0.5, 0.6) is 17.2 Å². The van der Waals surface area contributed by atoms with Crippen molar-refractivity contribution in [3.8, 4) is 17.2 Å². The van der Waals surface area contributed by atoms with E-state index < -0.39 is 17.5 Å². The maximum absolute atomic E-state index is 13.9. The number of benzene rings is 4. The molecule has 8 rings (SSSR count). The van der Waals surface area contributed by atoms with Crippen LogP contribution in [0.1, 0.15) is 126 Å². The molecule has 2 saturated carbocycles. The molecule has 0 unspecified atom stereocenters. The Morgan fingerprint density at radius 2 is 1.32 bits per heavy atom. The predicted molar refractivity (Wildman–Crippen MR) is 216 cm³/mol. The summed E-state index contributed by atoms with van der Waals surface area (Å²) in [6.07, 6.45) is 7.55. The lowest BCUT2D eigenvalue weighted by Gasteiger charge is -2.64. The highest BCUT2D eigenvalue weighted by Gasteiger charge is 2.69. The van der Waals surface area contributed by atoms with Crippen LogP contribution in [0.25, 0.3) is 0 Å². The zero-order valence-corrected chi connectivity index (χ0v) is 33.3. The van der Waals surface area contributed by atoms with E-state index in [1.54, 1.807) is 66.7 Å². The predicted octanol–water partition coefficient (Wildman–Crippen LogP) is 10.6. The molecule has 57 heavy (non-hydrogen) atoms. The van der Waals surface area contributed by atoms with E-state index in [4.69, 9.17) is 18.9 Å². The van der Waals surface area contributed by atoms with E-state index in [2.05, 4.69) is 33.8 Å². The van der Waals surface area contributed by atoms with Gasteiger partial charge in [0.05, 0.1) is 23.3 Å². The SMILES string of the molecule is CC(=O)c1c(OC(=O)c2ccccc2)cc(OC(=O)c2ccccc2)c2c1O[C@@]13C=C(C(C)C)CC[C@@H]1[C@@]1(C)CCC[C@@](C)(COC(=O)c4ccccc4)[C@@H]1C[C@@H]23. The van der Waals surface area contributed by atoms with Gasteiger partial charge in [0, 0.05) is 28.9 Å². The van der Waals surface area contributed by atoms with E-state index in [1.165, 1.54) is 18.6 Å². The highest BCUT2D eigenvalue weighted by Crippen LogP contribution is 2.72. The summed E-state index contributed by atoms with van der Waals surface area (Å²) in [5.74, 6) is -1.40. The minimum atomic E-state index is -0.870. The molecule has 4 aromatic rings. The summed E-state index contributed by atoms with van der Waals surface area (Å²) in [6, 6.07) is 27.9. The van der Waals surface area contributed by atoms with Crippen LogP contribution in [0.3, 0.4) is 0 Å². The summed E-state index contributed by atoms with van der Waals surface area (Å²) < 4.78 is 25.9. The molecule has 0 amide bonds. The number of esters is 3. The molecule has 294 valence electrons. The standard InChI is InChI=1S/C49H50O8/c1-30(2)35-22-23-39-48(5)25-15-24-47(4,29-54-44(51)32-16-9-6-10-17-32)40(48)26-36-42-38(56-46(53)34-20-13-8-14-21-34)27-37(55-45(52)33-18-11-7-12-19-33)41(31(3)50)43(42)57-49(36,39)28-35/h6-14,16-21,27-28,30,36,39-40H,15,22-26,29H2,1-5H3/t36-,39+,40-,47-,48+,49+/m0/s1. The summed E-state index contributed by atoms with van der Waals surface area (Å²) in [5.41, 5.74) is 1.78. The molecular formula is C49H50O8. The van der Waals surface area contributed by atoms with Crippen LogP contribution in [0.15, 0.2) is 109 Å². The highest BCUT2D eigenvalue weighted by molar-refractivity contribution is 6.03. The first kappa shape index (κ1) is 38.4. The van der Waals surface area contributed by atoms with Crippen molar-refractivity contribution in [2.75, 3.05) is 6.61 Å². The number of fused-ring (bicyclic) bond motifs is 4. The quantitative estimate of drug-likeness (QED) is 0.0718. The average molecular weight is 767 g/mol. The number of carbonyl (C=O) groups excluding carboxylic acids is 4. The maximum Gasteiger partial charge on any atom is 0.343 e. The Kier molecular flexibility index (Phi) is 9.95. The van der Waals surface area contributed by atoms with Gasteiger partial charge in [0.15, 0.2) is 5.78 Å². The van der Waals surface area contributed by atoms with Gasteiger partial charge in [-0.1, -0.05) is 94.3 Å². The summed E-state index contributed by atoms with van der Waals surface area (Å²) in [6.45, 7) is 10.7. The van der Waals surface area contributed by atoms with Gasteiger partial charge in [0.2, 0.25) is 0 Å². The third-order valence-corrected chi connectivity index (χ3v) is 13.5. The molecule has 8 nitrogen and oxygen atoms in total. The van der Waals surface area contributed by atoms with Crippen LogP contribution in [-0.2, 0) is 4.74 Å². The second-order valence-electron chi connectivity index (χ2n) is 17.3. The Balaban J connectivity index is 1.29. The molecule has 8 heteroatoms. The van der Waals surface area contributed by atoms with E-state index in [9.17, 15) is 19.2 Å². The smallest absolute Gasteiger partial charge is 0.343 e. The summed E-state index contributed by atoms with van der Waals surface area (Å²) in [4.78, 5) is 54.7. The van der Waals surface area contributed by atoms with Gasteiger partial charge >= 0.3 is 17.9 Å². The Morgan fingerprint density at radius 1 is 0.754 bits per heavy atom. The summed E-state index contributed by atoms with van der Waals surface area (Å²) >= 11 is 0. The monoisotopic (exact) mass is 766 g/mol. The molecule has 6 atom stereocenters. The van der Waals surface area contributed by atoms with Crippen LogP contribution in [0.4, 0.5) is 0 Å². The first-order chi connectivity index (χ1) is 27.3. The molecule has 0 saturated heterocycles. The largest absolute Gasteiger partial charge is 0.481 e. The molecule has 1 spiro atoms. The molecule has 4 aromatic carbocycles. The van der Waals surface area contributed by atoms with Gasteiger partial charge in [-0.05, 0) is 98.8 Å². The van der Waals surface area contributed by atoms with Crippen LogP contribution in [0, 0.1) is 28.6 Å². The molecular weight excluding hydrogens is 717 g/mol. The van der Waals surface area contributed by atoms with Crippen molar-refractivity contribution < 1.29 is 38.1 Å². The molecule has 2 fully saturated rings. The topological polar surface area (TPSA) is 105 Å². The van der Waals surface area contributed by atoms with E-state index in [0.29, 0.717) is 34.4 Å². The molecule has 0 N–H and O–H groups in total. The van der Waals surface area contributed by atoms with Crippen molar-refractivity contribution >= 4 is 23.7 Å². The minimum absolute atomic E-state index is 0.0147. The summed E-state index contributed by atoms with van der Waals surface area (Å²) in [7, 11) is 0. The number of hydrogen-bond donors (Lipinski definition) is 0. The van der Waals surface area contributed by atoms with E-state index in [0.717, 1.165) is 32.1 Å². The fourth-order valence-corrected chi connectivity index (χ4v) is 10.8. The molecule has 1 aliphatic heterocycles. The van der Waals surface area contributed by atoms with Crippen molar-refractivity contribution in [3.63, 3.8) is 0 Å². The molecule has 0 aromatic heterocycles. The van der Waals surface area contributed by atoms with Crippen molar-refractivity contribution in [3.05, 3.63) is 137 Å². The van der Waals surface area contributed by atoms with Gasteiger partial charge in [0.1, 0.15) is 28.4 Å². The first-order valence-corrected chi connectivity index (χ1v) is 20.2. The van der Waals surface area contributed by atoms with Gasteiger partial charge in [-0.25, -0.2) is 14.4 Å². The molecule has 4 aliphatic rings. The van der Waals surface area contributed by atoms with E-state index in [1.807, 2.05) is 24.3 Å². The zero-order chi connectivity index (χ0) is 40.1. The molecule has 0 bridgehead atoms. The number of Topliss-reactive ketones (excluding diaryl/α,β-unsaturated/α-hetero) is 1. The van der Waals surface area contributed by atoms with Crippen molar-refractivity contribution in [1.29, 1.82) is 0 Å². The van der Waals surface area contributed by atoms with E-state index in [-0.39, 0.29) is 69.9 Å². The van der Waals surface area contributed by atoms with Crippen LogP contribution in [-0.4, -0.2) is 35.9 Å². The third kappa shape index (κ3) is 6.67. The number of allylic oxidation sites excluding steroid dienone is 1. The first-order valence-electron chi connectivity index (χ1n) is 20.2. The van der Waals surface area contributed by atoms with Crippen molar-refractivity contribution in [1.82, 2.24) is 0 Å². The fraction of sp³-hybridized carbons (Fsp3) is 0.388. The lowest BCUT2D eigenvalue weighted by atomic mass is 9.41. The average Bonchev–Trinajstić information content (AvgIpc) is 3.53. The number of hydrogen-bond acceptors (Lipinski definition) is 8. The molecule has 1 heterocycles. The van der Waals surface area contributed by atoms with Crippen LogP contribution >= 0.6 is 0 Å². The van der Waals surface area contributed by atoms with Gasteiger partial charge in [0.25, 0.3) is 0 Å². The highest BCUT2D eigenvalue weighted by atomic mass is 16.6. The molecule has 3 aliphatic carbocycles. The number of carbonyl (C=O) groups is 4. The third-order valence-electron chi connectivity index (χ3n) is 13.5. The van der Waals surface area contributed by atoms with Gasteiger partial charge < -0.3 is 18.9 Å². The van der Waals surface area contributed by atoms with Crippen molar-refractivity contribution in [2.45, 2.75) is 84.7 Å². The number of ketones is 1. The minimum Gasteiger partial charge on any atom is -0.481 e. The summed E-state index contributed by atoms with van der Waals surface area (Å²) in [5, 5.41) is 0. The van der Waals surface area contributed by atoms with Crippen molar-refractivity contribution in [2.24, 2.45) is 28.6 Å². The Morgan fingerprint density at radius 3 is 1.88 bits per heavy atom.